The van der Waals surface area contributed by atoms with E-state index < -0.39 is 42.1 Å². The summed E-state index contributed by atoms with van der Waals surface area (Å²) >= 11 is 0. The fraction of sp³-hybridized carbons (Fsp3) is 0.818. The molecule has 0 N–H and O–H groups in total. The third kappa shape index (κ3) is 8.02. The molecule has 0 spiro atoms. The van der Waals surface area contributed by atoms with E-state index >= 15 is 0 Å². The van der Waals surface area contributed by atoms with E-state index in [9.17, 15) is 18.0 Å². The van der Waals surface area contributed by atoms with Gasteiger partial charge in [0.25, 0.3) is 0 Å². The molecule has 0 aliphatic heterocycles. The second-order valence-corrected chi connectivity index (χ2v) is 17.2. The van der Waals surface area contributed by atoms with Gasteiger partial charge in [-0.25, -0.2) is 17.5 Å². The molecular weight excluding hydrogens is 434 g/mol. The third-order valence-electron chi connectivity index (χ3n) is 5.62. The normalized spacial score (nSPS) is 22.2. The van der Waals surface area contributed by atoms with Crippen molar-refractivity contribution in [3.8, 4) is 0 Å². The van der Waals surface area contributed by atoms with Gasteiger partial charge in [0.05, 0.1) is 30.6 Å². The molecule has 0 aromatic heterocycles. The number of amides is 1. The Morgan fingerprint density at radius 1 is 1.19 bits per heavy atom. The summed E-state index contributed by atoms with van der Waals surface area (Å²) in [5, 5.41) is 0. The molecule has 7 nitrogen and oxygen atoms in total. The van der Waals surface area contributed by atoms with Crippen LogP contribution in [0.3, 0.4) is 0 Å². The SMILES string of the molecule is CCOC(=O)C1=C[C@@H](OC(CC)CC)[C@H](N(C(C)=O)S(=O)(=O)CC[Si](C)(C)C)[C@@H](C)C1. The predicted molar refractivity (Wildman–Crippen MR) is 126 cm³/mol. The van der Waals surface area contributed by atoms with Crippen molar-refractivity contribution < 1.29 is 27.5 Å². The standard InChI is InChI=1S/C22H41NO6SSi/c1-9-19(10-2)29-20-15-18(22(25)28-11-3)14-16(4)21(20)23(17(5)24)30(26,27)12-13-31(6,7)8/h15-16,19-21H,9-14H2,1-8H3/t16-,20+,21+/m0/s1. The van der Waals surface area contributed by atoms with Gasteiger partial charge in [0.1, 0.15) is 0 Å². The molecule has 0 saturated carbocycles. The molecule has 9 heteroatoms. The maximum absolute atomic E-state index is 13.3. The summed E-state index contributed by atoms with van der Waals surface area (Å²) in [6.45, 7) is 15.5. The summed E-state index contributed by atoms with van der Waals surface area (Å²) in [4.78, 5) is 25.0. The molecule has 1 aliphatic rings. The van der Waals surface area contributed by atoms with Crippen molar-refractivity contribution in [3.05, 3.63) is 11.6 Å². The number of rotatable bonds is 11. The first-order valence-electron chi connectivity index (χ1n) is 11.3. The molecule has 31 heavy (non-hydrogen) atoms. The molecule has 0 aromatic rings. The smallest absolute Gasteiger partial charge is 0.333 e. The fourth-order valence-electron chi connectivity index (χ4n) is 3.84. The topological polar surface area (TPSA) is 90.0 Å². The van der Waals surface area contributed by atoms with E-state index in [2.05, 4.69) is 19.6 Å². The molecule has 0 radical (unpaired) electrons. The molecule has 180 valence electrons. The highest BCUT2D eigenvalue weighted by Gasteiger charge is 2.44. The second kappa shape index (κ2) is 11.6. The molecule has 0 fully saturated rings. The number of hydrogen-bond acceptors (Lipinski definition) is 6. The Balaban J connectivity index is 3.41. The number of hydrogen-bond donors (Lipinski definition) is 0. The minimum atomic E-state index is -3.82. The molecule has 1 amide bonds. The van der Waals surface area contributed by atoms with Crippen molar-refractivity contribution >= 4 is 30.0 Å². The van der Waals surface area contributed by atoms with Crippen LogP contribution in [0.4, 0.5) is 0 Å². The van der Waals surface area contributed by atoms with Gasteiger partial charge >= 0.3 is 5.97 Å². The third-order valence-corrected chi connectivity index (χ3v) is 9.55. The lowest BCUT2D eigenvalue weighted by molar-refractivity contribution is -0.139. The zero-order valence-electron chi connectivity index (χ0n) is 20.4. The minimum absolute atomic E-state index is 0.0579. The van der Waals surface area contributed by atoms with E-state index in [1.54, 1.807) is 13.0 Å². The van der Waals surface area contributed by atoms with Gasteiger partial charge in [-0.3, -0.25) is 4.79 Å². The van der Waals surface area contributed by atoms with Gasteiger partial charge in [-0.05, 0) is 44.2 Å². The summed E-state index contributed by atoms with van der Waals surface area (Å²) < 4.78 is 39.1. The summed E-state index contributed by atoms with van der Waals surface area (Å²) in [6, 6.07) is -0.120. The number of ether oxygens (including phenoxy) is 2. The van der Waals surface area contributed by atoms with Crippen molar-refractivity contribution in [1.82, 2.24) is 4.31 Å². The quantitative estimate of drug-likeness (QED) is 0.332. The molecule has 0 saturated heterocycles. The average Bonchev–Trinajstić information content (AvgIpc) is 2.65. The van der Waals surface area contributed by atoms with Crippen molar-refractivity contribution in [2.75, 3.05) is 12.4 Å². The maximum Gasteiger partial charge on any atom is 0.333 e. The van der Waals surface area contributed by atoms with Crippen LogP contribution in [0.25, 0.3) is 0 Å². The molecule has 0 unspecified atom stereocenters. The summed E-state index contributed by atoms with van der Waals surface area (Å²) in [7, 11) is -5.45. The van der Waals surface area contributed by atoms with Crippen LogP contribution in [0.15, 0.2) is 11.6 Å². The molecular formula is C22H41NO6SSi. The van der Waals surface area contributed by atoms with Gasteiger partial charge in [0.15, 0.2) is 0 Å². The Labute approximate surface area is 189 Å². The number of nitrogens with zero attached hydrogens (tertiary/aromatic N) is 1. The van der Waals surface area contributed by atoms with E-state index in [-0.39, 0.29) is 24.4 Å². The highest BCUT2D eigenvalue weighted by molar-refractivity contribution is 7.89. The lowest BCUT2D eigenvalue weighted by Gasteiger charge is -2.42. The average molecular weight is 476 g/mol. The van der Waals surface area contributed by atoms with Gasteiger partial charge < -0.3 is 9.47 Å². The molecule has 3 atom stereocenters. The Hall–Kier alpha value is -1.19. The Morgan fingerprint density at radius 2 is 1.77 bits per heavy atom. The van der Waals surface area contributed by atoms with Gasteiger partial charge in [-0.15, -0.1) is 0 Å². The van der Waals surface area contributed by atoms with Crippen LogP contribution in [0.5, 0.6) is 0 Å². The highest BCUT2D eigenvalue weighted by Crippen LogP contribution is 2.34. The van der Waals surface area contributed by atoms with E-state index in [0.717, 1.165) is 17.1 Å². The van der Waals surface area contributed by atoms with Gasteiger partial charge in [0.2, 0.25) is 15.9 Å². The lowest BCUT2D eigenvalue weighted by Crippen LogP contribution is -2.55. The van der Waals surface area contributed by atoms with Crippen LogP contribution in [0.1, 0.15) is 53.9 Å². The number of carbonyl (C=O) groups excluding carboxylic acids is 2. The van der Waals surface area contributed by atoms with E-state index in [4.69, 9.17) is 9.47 Å². The largest absolute Gasteiger partial charge is 0.463 e. The van der Waals surface area contributed by atoms with Crippen LogP contribution >= 0.6 is 0 Å². The number of sulfonamides is 1. The highest BCUT2D eigenvalue weighted by atomic mass is 32.2. The Kier molecular flexibility index (Phi) is 10.4. The van der Waals surface area contributed by atoms with Crippen molar-refractivity contribution in [2.24, 2.45) is 5.92 Å². The zero-order chi connectivity index (χ0) is 24.0. The second-order valence-electron chi connectivity index (χ2n) is 9.57. The van der Waals surface area contributed by atoms with Crippen LogP contribution in [0.2, 0.25) is 25.7 Å². The molecule has 0 heterocycles. The molecule has 1 rings (SSSR count). The van der Waals surface area contributed by atoms with Crippen molar-refractivity contribution in [3.63, 3.8) is 0 Å². The van der Waals surface area contributed by atoms with E-state index in [1.165, 1.54) is 6.92 Å². The molecule has 0 bridgehead atoms. The van der Waals surface area contributed by atoms with Gasteiger partial charge in [-0.2, -0.15) is 0 Å². The molecule has 0 aromatic carbocycles. The fourth-order valence-corrected chi connectivity index (χ4v) is 8.61. The summed E-state index contributed by atoms with van der Waals surface area (Å²) in [5.74, 6) is -1.27. The van der Waals surface area contributed by atoms with Crippen molar-refractivity contribution in [2.45, 2.75) is 97.8 Å². The van der Waals surface area contributed by atoms with Gasteiger partial charge in [0, 0.05) is 20.6 Å². The van der Waals surface area contributed by atoms with Crippen molar-refractivity contribution in [1.29, 1.82) is 0 Å². The van der Waals surface area contributed by atoms with E-state index in [1.807, 2.05) is 20.8 Å². The van der Waals surface area contributed by atoms with E-state index in [0.29, 0.717) is 18.0 Å². The first kappa shape index (κ1) is 27.8. The van der Waals surface area contributed by atoms with Gasteiger partial charge in [-0.1, -0.05) is 40.4 Å². The summed E-state index contributed by atoms with van der Waals surface area (Å²) in [5.41, 5.74) is 0.476. The maximum atomic E-state index is 13.3. The predicted octanol–water partition coefficient (Wildman–Crippen LogP) is 3.97. The van der Waals surface area contributed by atoms with Crippen LogP contribution in [-0.4, -0.2) is 63.3 Å². The Morgan fingerprint density at radius 3 is 2.23 bits per heavy atom. The first-order valence-corrected chi connectivity index (χ1v) is 16.6. The lowest BCUT2D eigenvalue weighted by atomic mass is 9.83. The first-order chi connectivity index (χ1) is 14.3. The number of carbonyl (C=O) groups is 2. The number of esters is 1. The molecule has 1 aliphatic carbocycles. The monoisotopic (exact) mass is 475 g/mol. The van der Waals surface area contributed by atoms with Crippen LogP contribution in [0, 0.1) is 5.92 Å². The zero-order valence-corrected chi connectivity index (χ0v) is 22.3. The summed E-state index contributed by atoms with van der Waals surface area (Å²) in [6.07, 6.45) is 2.71. The minimum Gasteiger partial charge on any atom is -0.463 e. The van der Waals surface area contributed by atoms with Crippen LogP contribution in [-0.2, 0) is 29.1 Å². The van der Waals surface area contributed by atoms with Crippen LogP contribution < -0.4 is 0 Å². The Bertz CT molecular complexity index is 754.